The largest absolute Gasteiger partial charge is 0.485 e. The summed E-state index contributed by atoms with van der Waals surface area (Å²) in [6, 6.07) is 12.5. The number of thioether (sulfide) groups is 1. The summed E-state index contributed by atoms with van der Waals surface area (Å²) >= 11 is 1.57. The smallest absolute Gasteiger partial charge is 0.191 e. The van der Waals surface area contributed by atoms with Gasteiger partial charge in [-0.2, -0.15) is 0 Å². The van der Waals surface area contributed by atoms with Gasteiger partial charge in [0.15, 0.2) is 11.0 Å². The van der Waals surface area contributed by atoms with Gasteiger partial charge in [0.2, 0.25) is 0 Å². The van der Waals surface area contributed by atoms with Gasteiger partial charge >= 0.3 is 0 Å². The van der Waals surface area contributed by atoms with Gasteiger partial charge < -0.3 is 9.30 Å². The van der Waals surface area contributed by atoms with Crippen molar-refractivity contribution in [1.82, 2.24) is 14.8 Å². The predicted molar refractivity (Wildman–Crippen MR) is 97.2 cm³/mol. The molecule has 25 heavy (non-hydrogen) atoms. The highest BCUT2D eigenvalue weighted by Gasteiger charge is 2.11. The first-order valence-electron chi connectivity index (χ1n) is 7.99. The maximum Gasteiger partial charge on any atom is 0.191 e. The zero-order valence-corrected chi connectivity index (χ0v) is 15.3. The van der Waals surface area contributed by atoms with E-state index in [-0.39, 0.29) is 5.82 Å². The Morgan fingerprint density at radius 2 is 1.84 bits per heavy atom. The van der Waals surface area contributed by atoms with E-state index < -0.39 is 0 Å². The normalized spacial score (nSPS) is 10.9. The molecule has 0 aliphatic carbocycles. The average molecular weight is 357 g/mol. The number of benzene rings is 2. The predicted octanol–water partition coefficient (Wildman–Crippen LogP) is 4.44. The molecule has 3 aromatic rings. The molecular weight excluding hydrogens is 337 g/mol. The van der Waals surface area contributed by atoms with E-state index in [0.717, 1.165) is 27.9 Å². The lowest BCUT2D eigenvalue weighted by atomic mass is 10.1. The molecule has 0 amide bonds. The molecule has 1 heterocycles. The van der Waals surface area contributed by atoms with E-state index >= 15 is 0 Å². The number of ether oxygens (including phenoxy) is 1. The monoisotopic (exact) mass is 357 g/mol. The number of hydrogen-bond acceptors (Lipinski definition) is 4. The summed E-state index contributed by atoms with van der Waals surface area (Å²) in [7, 11) is 1.93. The number of nitrogens with zero attached hydrogens (tertiary/aromatic N) is 3. The van der Waals surface area contributed by atoms with Crippen LogP contribution in [0, 0.1) is 19.7 Å². The molecule has 0 bridgehead atoms. The molecule has 1 aromatic heterocycles. The minimum Gasteiger partial charge on any atom is -0.485 e. The van der Waals surface area contributed by atoms with Crippen molar-refractivity contribution in [3.8, 4) is 5.75 Å². The van der Waals surface area contributed by atoms with Crippen molar-refractivity contribution >= 4 is 11.8 Å². The summed E-state index contributed by atoms with van der Waals surface area (Å²) in [6.07, 6.45) is 0. The molecule has 0 radical (unpaired) electrons. The molecule has 0 saturated heterocycles. The number of rotatable bonds is 6. The van der Waals surface area contributed by atoms with Crippen LogP contribution in [0.4, 0.5) is 4.39 Å². The Balaban J connectivity index is 1.62. The molecule has 0 atom stereocenters. The highest BCUT2D eigenvalue weighted by molar-refractivity contribution is 7.98. The van der Waals surface area contributed by atoms with Crippen LogP contribution in [0.1, 0.15) is 22.5 Å². The molecule has 4 nitrogen and oxygen atoms in total. The third-order valence-corrected chi connectivity index (χ3v) is 5.21. The van der Waals surface area contributed by atoms with Crippen LogP contribution in [0.25, 0.3) is 0 Å². The zero-order chi connectivity index (χ0) is 17.8. The molecule has 0 saturated carbocycles. The topological polar surface area (TPSA) is 39.9 Å². The van der Waals surface area contributed by atoms with Crippen molar-refractivity contribution in [3.63, 3.8) is 0 Å². The van der Waals surface area contributed by atoms with Crippen molar-refractivity contribution in [1.29, 1.82) is 0 Å². The second-order valence-corrected chi connectivity index (χ2v) is 6.80. The molecule has 0 N–H and O–H groups in total. The number of aromatic nitrogens is 3. The highest BCUT2D eigenvalue weighted by Crippen LogP contribution is 2.23. The third kappa shape index (κ3) is 4.20. The number of hydrogen-bond donors (Lipinski definition) is 0. The Morgan fingerprint density at radius 3 is 2.60 bits per heavy atom. The Labute approximate surface area is 151 Å². The zero-order valence-electron chi connectivity index (χ0n) is 14.5. The summed E-state index contributed by atoms with van der Waals surface area (Å²) in [4.78, 5) is 0. The third-order valence-electron chi connectivity index (χ3n) is 4.12. The van der Waals surface area contributed by atoms with E-state index in [1.54, 1.807) is 23.9 Å². The summed E-state index contributed by atoms with van der Waals surface area (Å²) in [5, 5.41) is 9.25. The van der Waals surface area contributed by atoms with E-state index in [0.29, 0.717) is 12.4 Å². The number of aryl methyl sites for hydroxylation is 1. The Hall–Kier alpha value is -2.34. The van der Waals surface area contributed by atoms with Crippen molar-refractivity contribution in [3.05, 3.63) is 70.8 Å². The summed E-state index contributed by atoms with van der Waals surface area (Å²) in [6.45, 7) is 4.48. The molecule has 0 unspecified atom stereocenters. The molecule has 6 heteroatoms. The second-order valence-electron chi connectivity index (χ2n) is 5.86. The van der Waals surface area contributed by atoms with Crippen LogP contribution in [0.3, 0.4) is 0 Å². The van der Waals surface area contributed by atoms with Crippen LogP contribution in [-0.2, 0) is 19.4 Å². The fourth-order valence-corrected chi connectivity index (χ4v) is 3.23. The van der Waals surface area contributed by atoms with Crippen LogP contribution in [-0.4, -0.2) is 14.8 Å². The number of halogens is 1. The van der Waals surface area contributed by atoms with Crippen LogP contribution >= 0.6 is 11.8 Å². The van der Waals surface area contributed by atoms with Gasteiger partial charge in [0.1, 0.15) is 18.2 Å². The van der Waals surface area contributed by atoms with Gasteiger partial charge in [0.25, 0.3) is 0 Å². The Bertz CT molecular complexity index is 862. The molecular formula is C19H20FN3OS. The Morgan fingerprint density at radius 1 is 1.08 bits per heavy atom. The van der Waals surface area contributed by atoms with Crippen molar-refractivity contribution in [2.75, 3.05) is 0 Å². The van der Waals surface area contributed by atoms with E-state index in [1.807, 2.05) is 30.7 Å². The van der Waals surface area contributed by atoms with Crippen LogP contribution in [0.5, 0.6) is 5.75 Å². The van der Waals surface area contributed by atoms with Crippen molar-refractivity contribution in [2.24, 2.45) is 7.05 Å². The van der Waals surface area contributed by atoms with Crippen LogP contribution in [0.15, 0.2) is 47.6 Å². The van der Waals surface area contributed by atoms with Crippen LogP contribution in [0.2, 0.25) is 0 Å². The van der Waals surface area contributed by atoms with E-state index in [4.69, 9.17) is 4.74 Å². The first-order valence-corrected chi connectivity index (χ1v) is 8.97. The van der Waals surface area contributed by atoms with E-state index in [2.05, 4.69) is 23.2 Å². The molecule has 2 aromatic carbocycles. The van der Waals surface area contributed by atoms with E-state index in [1.165, 1.54) is 17.7 Å². The molecule has 0 aliphatic rings. The lowest BCUT2D eigenvalue weighted by Crippen LogP contribution is -2.05. The van der Waals surface area contributed by atoms with Gasteiger partial charge in [-0.05, 0) is 48.7 Å². The van der Waals surface area contributed by atoms with Gasteiger partial charge in [-0.25, -0.2) is 4.39 Å². The van der Waals surface area contributed by atoms with Gasteiger partial charge in [-0.15, -0.1) is 10.2 Å². The quantitative estimate of drug-likeness (QED) is 0.612. The van der Waals surface area contributed by atoms with Crippen molar-refractivity contribution < 1.29 is 9.13 Å². The lowest BCUT2D eigenvalue weighted by Gasteiger charge is -2.10. The minimum absolute atomic E-state index is 0.224. The average Bonchev–Trinajstić information content (AvgIpc) is 2.96. The van der Waals surface area contributed by atoms with Gasteiger partial charge in [0.05, 0.1) is 0 Å². The maximum atomic E-state index is 12.9. The molecule has 0 aliphatic heterocycles. The lowest BCUT2D eigenvalue weighted by molar-refractivity contribution is 0.288. The molecule has 0 fully saturated rings. The maximum absolute atomic E-state index is 12.9. The van der Waals surface area contributed by atoms with E-state index in [9.17, 15) is 4.39 Å². The highest BCUT2D eigenvalue weighted by atomic mass is 32.2. The molecule has 0 spiro atoms. The fourth-order valence-electron chi connectivity index (χ4n) is 2.35. The standard InChI is InChI=1S/C19H20FN3OS/c1-13-5-4-6-17(14(13)2)24-11-18-21-22-19(23(18)3)25-12-15-7-9-16(20)10-8-15/h4-10H,11-12H2,1-3H3. The molecule has 3 rings (SSSR count). The van der Waals surface area contributed by atoms with Crippen molar-refractivity contribution in [2.45, 2.75) is 31.4 Å². The minimum atomic E-state index is -0.224. The second kappa shape index (κ2) is 7.70. The first kappa shape index (κ1) is 17.5. The SMILES string of the molecule is Cc1cccc(OCc2nnc(SCc3ccc(F)cc3)n2C)c1C. The Kier molecular flexibility index (Phi) is 5.38. The fraction of sp³-hybridized carbons (Fsp3) is 0.263. The summed E-state index contributed by atoms with van der Waals surface area (Å²) in [5.74, 6) is 2.12. The summed E-state index contributed by atoms with van der Waals surface area (Å²) < 4.78 is 20.8. The van der Waals surface area contributed by atoms with Crippen LogP contribution < -0.4 is 4.74 Å². The molecule has 130 valence electrons. The van der Waals surface area contributed by atoms with Gasteiger partial charge in [-0.1, -0.05) is 36.0 Å². The first-order chi connectivity index (χ1) is 12.0. The van der Waals surface area contributed by atoms with Gasteiger partial charge in [-0.3, -0.25) is 0 Å². The summed E-state index contributed by atoms with van der Waals surface area (Å²) in [5.41, 5.74) is 3.38. The van der Waals surface area contributed by atoms with Gasteiger partial charge in [0, 0.05) is 12.8 Å².